The predicted octanol–water partition coefficient (Wildman–Crippen LogP) is 2.83. The fraction of sp³-hybridized carbons (Fsp3) is 0.930. The van der Waals surface area contributed by atoms with Gasteiger partial charge >= 0.3 is 0 Å². The van der Waals surface area contributed by atoms with Crippen molar-refractivity contribution < 1.29 is 74.2 Å². The molecule has 3 rings (SSSR count). The normalized spacial score (nSPS) is 35.6. The number of rotatable bonds is 15. The average Bonchev–Trinajstić information content (AvgIpc) is 3.05. The molecular formula is C43H82O15. The number of carbonyl (C=O) groups is 3. The summed E-state index contributed by atoms with van der Waals surface area (Å²) in [5.41, 5.74) is -3.12. The van der Waals surface area contributed by atoms with Crippen LogP contribution in [0.25, 0.3) is 0 Å². The molecule has 0 aliphatic carbocycles. The fourth-order valence-electron chi connectivity index (χ4n) is 8.05. The number of hydrogen-bond acceptors (Lipinski definition) is 15. The van der Waals surface area contributed by atoms with Gasteiger partial charge in [-0.2, -0.15) is 0 Å². The van der Waals surface area contributed by atoms with Gasteiger partial charge in [0.2, 0.25) is 0 Å². The lowest BCUT2D eigenvalue weighted by molar-refractivity contribution is -0.199. The molecule has 15 nitrogen and oxygen atoms in total. The predicted molar refractivity (Wildman–Crippen MR) is 219 cm³/mol. The van der Waals surface area contributed by atoms with Crippen molar-refractivity contribution in [2.45, 2.75) is 232 Å². The number of methoxy groups -OCH3 is 1. The van der Waals surface area contributed by atoms with Gasteiger partial charge in [0.25, 0.3) is 0 Å². The summed E-state index contributed by atoms with van der Waals surface area (Å²) in [6.45, 7) is 20.6. The van der Waals surface area contributed by atoms with Crippen LogP contribution in [0, 0.1) is 17.8 Å². The second-order valence-corrected chi connectivity index (χ2v) is 18.5. The number of aliphatic hydroxyl groups excluding tert-OH is 5. The average molecular weight is 839 g/mol. The highest BCUT2D eigenvalue weighted by atomic mass is 16.6. The molecule has 58 heavy (non-hydrogen) atoms. The molecule has 0 aromatic carbocycles. The first-order valence-corrected chi connectivity index (χ1v) is 20.6. The number of aliphatic hydroxyl groups is 8. The molecule has 8 N–H and O–H groups in total. The molecule has 0 amide bonds. The third-order valence-corrected chi connectivity index (χ3v) is 11.0. The molecule has 3 fully saturated rings. The summed E-state index contributed by atoms with van der Waals surface area (Å²) in [6.07, 6.45) is -4.91. The maximum Gasteiger partial charge on any atom is 0.136 e. The van der Waals surface area contributed by atoms with Crippen LogP contribution in [0.1, 0.15) is 142 Å². The smallest absolute Gasteiger partial charge is 0.136 e. The highest BCUT2D eigenvalue weighted by Gasteiger charge is 2.45. The van der Waals surface area contributed by atoms with E-state index in [2.05, 4.69) is 0 Å². The molecule has 0 aromatic rings. The Hall–Kier alpha value is -1.47. The Morgan fingerprint density at radius 1 is 0.500 bits per heavy atom. The van der Waals surface area contributed by atoms with E-state index in [0.29, 0.717) is 12.8 Å². The van der Waals surface area contributed by atoms with Crippen LogP contribution < -0.4 is 0 Å². The van der Waals surface area contributed by atoms with Crippen molar-refractivity contribution in [3.63, 3.8) is 0 Å². The Bertz CT molecular complexity index is 1160. The summed E-state index contributed by atoms with van der Waals surface area (Å²) in [4.78, 5) is 35.7. The monoisotopic (exact) mass is 839 g/mol. The molecule has 0 radical (unpaired) electrons. The van der Waals surface area contributed by atoms with E-state index in [0.717, 1.165) is 0 Å². The van der Waals surface area contributed by atoms with Crippen LogP contribution in [0.15, 0.2) is 0 Å². The third-order valence-electron chi connectivity index (χ3n) is 11.0. The minimum atomic E-state index is -1.05. The van der Waals surface area contributed by atoms with E-state index in [9.17, 15) is 55.2 Å². The molecule has 3 aliphatic rings. The van der Waals surface area contributed by atoms with Gasteiger partial charge in [-0.15, -0.1) is 0 Å². The first-order chi connectivity index (χ1) is 26.0. The van der Waals surface area contributed by atoms with Crippen LogP contribution in [0.2, 0.25) is 0 Å². The number of Topliss-reactive ketones (excluding diaryl/α,β-unsaturated/α-hetero) is 3. The lowest BCUT2D eigenvalue weighted by atomic mass is 9.82. The Morgan fingerprint density at radius 3 is 1.03 bits per heavy atom. The highest BCUT2D eigenvalue weighted by molar-refractivity contribution is 5.80. The Kier molecular flexibility index (Phi) is 23.6. The molecule has 3 saturated heterocycles. The van der Waals surface area contributed by atoms with Crippen molar-refractivity contribution in [3.05, 3.63) is 0 Å². The highest BCUT2D eigenvalue weighted by Crippen LogP contribution is 2.33. The maximum atomic E-state index is 11.9. The molecule has 3 aliphatic heterocycles. The van der Waals surface area contributed by atoms with Crippen LogP contribution in [0.5, 0.6) is 0 Å². The quantitative estimate of drug-likeness (QED) is 0.118. The topological polar surface area (TPSA) is 250 Å². The summed E-state index contributed by atoms with van der Waals surface area (Å²) in [5, 5.41) is 79.3. The van der Waals surface area contributed by atoms with Crippen LogP contribution in [-0.4, -0.2) is 155 Å². The fourth-order valence-corrected chi connectivity index (χ4v) is 8.05. The van der Waals surface area contributed by atoms with Crippen molar-refractivity contribution >= 4 is 17.3 Å². The second-order valence-electron chi connectivity index (χ2n) is 18.5. The van der Waals surface area contributed by atoms with E-state index in [1.807, 2.05) is 27.7 Å². The SMILES string of the molecule is C.CCC1OC(C)C(CC(=O)CC(C)(C)O)C(O)C1O.CCC1OC(C)C(CC(=O)CC(C)(C)O)C(O)C1O.COC1C(C)OC(C)C(CC(=O)CC(C)(C)O)C1O. The van der Waals surface area contributed by atoms with E-state index in [4.69, 9.17) is 18.9 Å². The van der Waals surface area contributed by atoms with Crippen LogP contribution in [-0.2, 0) is 33.3 Å². The number of ether oxygens (including phenoxy) is 4. The zero-order valence-electron chi connectivity index (χ0n) is 36.8. The molecule has 15 atom stereocenters. The summed E-state index contributed by atoms with van der Waals surface area (Å²) >= 11 is 0. The number of ketones is 3. The van der Waals surface area contributed by atoms with Gasteiger partial charge in [-0.25, -0.2) is 0 Å². The molecule has 15 heteroatoms. The van der Waals surface area contributed by atoms with Gasteiger partial charge in [0.05, 0.1) is 71.7 Å². The minimum absolute atomic E-state index is 0. The lowest BCUT2D eigenvalue weighted by Gasteiger charge is -2.42. The largest absolute Gasteiger partial charge is 0.390 e. The standard InChI is InChI=1S/3C14H26O5.CH4/c1-8-11(6-10(15)7-14(3,4)17)12(16)13(18-5)9(2)19-8;2*1-5-11-13(17)12(16)10(8(2)19-11)6-9(15)7-14(3,4)18;/h8-9,11-13,16-17H,6-7H2,1-5H3;2*8,10-13,16-18H,5-7H2,1-4H3;1H4. The molecular weight excluding hydrogens is 756 g/mol. The zero-order chi connectivity index (χ0) is 44.4. The zero-order valence-corrected chi connectivity index (χ0v) is 36.8. The third kappa shape index (κ3) is 18.7. The summed E-state index contributed by atoms with van der Waals surface area (Å²) in [6, 6.07) is 0. The van der Waals surface area contributed by atoms with Crippen molar-refractivity contribution in [2.75, 3.05) is 7.11 Å². The van der Waals surface area contributed by atoms with Gasteiger partial charge in [-0.3, -0.25) is 14.4 Å². The number of carbonyl (C=O) groups excluding carboxylic acids is 3. The van der Waals surface area contributed by atoms with Crippen molar-refractivity contribution in [1.82, 2.24) is 0 Å². The van der Waals surface area contributed by atoms with Crippen LogP contribution in [0.4, 0.5) is 0 Å². The Labute approximate surface area is 347 Å². The summed E-state index contributed by atoms with van der Waals surface area (Å²) in [7, 11) is 1.53. The van der Waals surface area contributed by atoms with Gasteiger partial charge < -0.3 is 59.8 Å². The maximum absolute atomic E-state index is 11.9. The van der Waals surface area contributed by atoms with Crippen molar-refractivity contribution in [2.24, 2.45) is 17.8 Å². The van der Waals surface area contributed by atoms with Gasteiger partial charge in [0.15, 0.2) is 0 Å². The Balaban J connectivity index is 0.000000833. The van der Waals surface area contributed by atoms with Gasteiger partial charge in [0, 0.05) is 63.4 Å². The molecule has 15 unspecified atom stereocenters. The molecule has 344 valence electrons. The van der Waals surface area contributed by atoms with E-state index in [1.165, 1.54) is 7.11 Å². The van der Waals surface area contributed by atoms with Crippen LogP contribution >= 0.6 is 0 Å². The van der Waals surface area contributed by atoms with E-state index in [1.54, 1.807) is 55.4 Å². The van der Waals surface area contributed by atoms with E-state index < -0.39 is 65.3 Å². The van der Waals surface area contributed by atoms with Crippen LogP contribution in [0.3, 0.4) is 0 Å². The lowest BCUT2D eigenvalue weighted by Crippen LogP contribution is -2.53. The van der Waals surface area contributed by atoms with Crippen molar-refractivity contribution in [1.29, 1.82) is 0 Å². The number of hydrogen-bond donors (Lipinski definition) is 8. The first-order valence-electron chi connectivity index (χ1n) is 20.6. The van der Waals surface area contributed by atoms with Crippen molar-refractivity contribution in [3.8, 4) is 0 Å². The van der Waals surface area contributed by atoms with Gasteiger partial charge in [-0.1, -0.05) is 21.3 Å². The molecule has 0 spiro atoms. The second kappa shape index (κ2) is 24.2. The summed E-state index contributed by atoms with van der Waals surface area (Å²) < 4.78 is 22.2. The molecule has 0 aromatic heterocycles. The first kappa shape index (κ1) is 56.5. The summed E-state index contributed by atoms with van der Waals surface area (Å²) in [5.74, 6) is -1.48. The van der Waals surface area contributed by atoms with Gasteiger partial charge in [0.1, 0.15) is 35.7 Å². The molecule has 0 bridgehead atoms. The van der Waals surface area contributed by atoms with Gasteiger partial charge in [-0.05, 0) is 82.1 Å². The molecule has 3 heterocycles. The van der Waals surface area contributed by atoms with E-state index in [-0.39, 0.29) is 106 Å². The minimum Gasteiger partial charge on any atom is -0.390 e. The Morgan fingerprint density at radius 2 is 0.776 bits per heavy atom. The molecule has 0 saturated carbocycles. The van der Waals surface area contributed by atoms with E-state index >= 15 is 0 Å².